The molecule has 0 aliphatic carbocycles. The molecule has 3 rings (SSSR count). The summed E-state index contributed by atoms with van der Waals surface area (Å²) in [7, 11) is 1.76. The van der Waals surface area contributed by atoms with Gasteiger partial charge in [0.05, 0.1) is 11.0 Å². The van der Waals surface area contributed by atoms with Crippen molar-refractivity contribution in [2.24, 2.45) is 0 Å². The van der Waals surface area contributed by atoms with Gasteiger partial charge in [0, 0.05) is 32.2 Å². The van der Waals surface area contributed by atoms with Crippen LogP contribution in [0.3, 0.4) is 0 Å². The highest BCUT2D eigenvalue weighted by molar-refractivity contribution is 5.92. The van der Waals surface area contributed by atoms with Crippen LogP contribution in [0.2, 0.25) is 0 Å². The molecule has 2 aromatic carbocycles. The zero-order valence-corrected chi connectivity index (χ0v) is 14.0. The molecule has 0 atom stereocenters. The van der Waals surface area contributed by atoms with Crippen LogP contribution < -0.4 is 10.6 Å². The molecule has 0 aliphatic heterocycles. The Hall–Kier alpha value is -2.82. The third-order valence-electron chi connectivity index (χ3n) is 4.31. The van der Waals surface area contributed by atoms with E-state index in [9.17, 15) is 9.59 Å². The van der Waals surface area contributed by atoms with Gasteiger partial charge in [-0.15, -0.1) is 0 Å². The number of para-hydroxylation sites is 3. The zero-order valence-electron chi connectivity index (χ0n) is 14.0. The molecule has 1 aromatic heterocycles. The summed E-state index contributed by atoms with van der Waals surface area (Å²) >= 11 is 0. The number of nitrogens with zero attached hydrogens (tertiary/aromatic N) is 3. The molecule has 0 spiro atoms. The van der Waals surface area contributed by atoms with Crippen molar-refractivity contribution in [3.8, 4) is 0 Å². The second kappa shape index (κ2) is 6.74. The van der Waals surface area contributed by atoms with E-state index < -0.39 is 0 Å². The molecule has 1 heterocycles. The molecule has 0 N–H and O–H groups in total. The summed E-state index contributed by atoms with van der Waals surface area (Å²) in [6.45, 7) is 2.94. The lowest BCUT2D eigenvalue weighted by Crippen LogP contribution is -2.29. The van der Waals surface area contributed by atoms with Crippen molar-refractivity contribution >= 4 is 22.6 Å². The molecular weight excluding hydrogens is 302 g/mol. The van der Waals surface area contributed by atoms with Crippen molar-refractivity contribution in [1.82, 2.24) is 9.13 Å². The van der Waals surface area contributed by atoms with Gasteiger partial charge in [-0.25, -0.2) is 4.79 Å². The molecule has 24 heavy (non-hydrogen) atoms. The standard InChI is InChI=1S/C19H21N3O2/c1-3-21-16-11-7-8-12-17(16)22(19(21)24)14-13-18(23)20(2)15-9-5-4-6-10-15/h4-12H,3,13-14H2,1-2H3. The fourth-order valence-corrected chi connectivity index (χ4v) is 2.96. The van der Waals surface area contributed by atoms with Gasteiger partial charge in [0.25, 0.3) is 0 Å². The number of benzene rings is 2. The summed E-state index contributed by atoms with van der Waals surface area (Å²) in [4.78, 5) is 26.6. The minimum absolute atomic E-state index is 0.0126. The molecule has 124 valence electrons. The Morgan fingerprint density at radius 1 is 0.958 bits per heavy atom. The van der Waals surface area contributed by atoms with Gasteiger partial charge in [0.15, 0.2) is 0 Å². The number of hydrogen-bond acceptors (Lipinski definition) is 2. The van der Waals surface area contributed by atoms with Crippen LogP contribution in [-0.2, 0) is 17.9 Å². The van der Waals surface area contributed by atoms with Gasteiger partial charge >= 0.3 is 5.69 Å². The first-order valence-corrected chi connectivity index (χ1v) is 8.13. The van der Waals surface area contributed by atoms with Crippen LogP contribution in [0.4, 0.5) is 5.69 Å². The average molecular weight is 323 g/mol. The minimum atomic E-state index is -0.0612. The Labute approximate surface area is 140 Å². The fraction of sp³-hybridized carbons (Fsp3) is 0.263. The van der Waals surface area contributed by atoms with Crippen molar-refractivity contribution < 1.29 is 4.79 Å². The first-order valence-electron chi connectivity index (χ1n) is 8.13. The van der Waals surface area contributed by atoms with E-state index >= 15 is 0 Å². The Bertz CT molecular complexity index is 909. The van der Waals surface area contributed by atoms with Crippen molar-refractivity contribution in [2.75, 3.05) is 11.9 Å². The quantitative estimate of drug-likeness (QED) is 0.725. The number of aromatic nitrogens is 2. The van der Waals surface area contributed by atoms with Gasteiger partial charge in [-0.2, -0.15) is 0 Å². The Kier molecular flexibility index (Phi) is 4.51. The topological polar surface area (TPSA) is 47.2 Å². The van der Waals surface area contributed by atoms with Gasteiger partial charge in [-0.05, 0) is 31.2 Å². The first kappa shape index (κ1) is 16.1. The second-order valence-corrected chi connectivity index (χ2v) is 5.71. The van der Waals surface area contributed by atoms with E-state index in [0.29, 0.717) is 13.1 Å². The number of amides is 1. The monoisotopic (exact) mass is 323 g/mol. The molecule has 0 radical (unpaired) electrons. The van der Waals surface area contributed by atoms with Crippen molar-refractivity contribution in [1.29, 1.82) is 0 Å². The van der Waals surface area contributed by atoms with Crippen LogP contribution in [0.25, 0.3) is 11.0 Å². The van der Waals surface area contributed by atoms with E-state index in [-0.39, 0.29) is 18.0 Å². The maximum atomic E-state index is 12.6. The maximum Gasteiger partial charge on any atom is 0.329 e. The van der Waals surface area contributed by atoms with Gasteiger partial charge in [0.2, 0.25) is 5.91 Å². The summed E-state index contributed by atoms with van der Waals surface area (Å²) in [6.07, 6.45) is 0.281. The number of rotatable bonds is 5. The van der Waals surface area contributed by atoms with E-state index in [4.69, 9.17) is 0 Å². The van der Waals surface area contributed by atoms with Crippen LogP contribution in [0.5, 0.6) is 0 Å². The van der Waals surface area contributed by atoms with Gasteiger partial charge in [0.1, 0.15) is 0 Å². The molecule has 3 aromatic rings. The third-order valence-corrected chi connectivity index (χ3v) is 4.31. The van der Waals surface area contributed by atoms with Gasteiger partial charge < -0.3 is 4.90 Å². The summed E-state index contributed by atoms with van der Waals surface area (Å²) in [5, 5.41) is 0. The highest BCUT2D eigenvalue weighted by Gasteiger charge is 2.15. The lowest BCUT2D eigenvalue weighted by atomic mass is 10.2. The van der Waals surface area contributed by atoms with E-state index in [1.165, 1.54) is 0 Å². The summed E-state index contributed by atoms with van der Waals surface area (Å²) in [5.41, 5.74) is 2.58. The highest BCUT2D eigenvalue weighted by Crippen LogP contribution is 2.15. The van der Waals surface area contributed by atoms with Crippen molar-refractivity contribution in [2.45, 2.75) is 26.4 Å². The summed E-state index contributed by atoms with van der Waals surface area (Å²) in [6, 6.07) is 17.2. The van der Waals surface area contributed by atoms with Crippen molar-refractivity contribution in [3.63, 3.8) is 0 Å². The largest absolute Gasteiger partial charge is 0.329 e. The predicted octanol–water partition coefficient (Wildman–Crippen LogP) is 2.88. The first-order chi connectivity index (χ1) is 11.6. The SMILES string of the molecule is CCn1c(=O)n(CCC(=O)N(C)c2ccccc2)c2ccccc21. The molecule has 0 saturated heterocycles. The zero-order chi connectivity index (χ0) is 17.1. The number of hydrogen-bond donors (Lipinski definition) is 0. The third kappa shape index (κ3) is 2.85. The molecule has 5 nitrogen and oxygen atoms in total. The molecule has 0 unspecified atom stereocenters. The molecule has 0 fully saturated rings. The fourth-order valence-electron chi connectivity index (χ4n) is 2.96. The van der Waals surface area contributed by atoms with E-state index in [2.05, 4.69) is 0 Å². The number of carbonyl (C=O) groups excluding carboxylic acids is 1. The Morgan fingerprint density at radius 3 is 2.17 bits per heavy atom. The molecule has 0 aliphatic rings. The lowest BCUT2D eigenvalue weighted by molar-refractivity contribution is -0.118. The van der Waals surface area contributed by atoms with Crippen molar-refractivity contribution in [3.05, 3.63) is 65.1 Å². The number of aryl methyl sites for hydroxylation is 2. The minimum Gasteiger partial charge on any atom is -0.315 e. The van der Waals surface area contributed by atoms with Crippen LogP contribution in [-0.4, -0.2) is 22.1 Å². The summed E-state index contributed by atoms with van der Waals surface area (Å²) < 4.78 is 3.43. The molecule has 5 heteroatoms. The number of carbonyl (C=O) groups is 1. The predicted molar refractivity (Wildman–Crippen MR) is 96.3 cm³/mol. The van der Waals surface area contributed by atoms with Crippen LogP contribution in [0, 0.1) is 0 Å². The average Bonchev–Trinajstić information content (AvgIpc) is 2.90. The maximum absolute atomic E-state index is 12.6. The molecular formula is C19H21N3O2. The van der Waals surface area contributed by atoms with Crippen LogP contribution >= 0.6 is 0 Å². The second-order valence-electron chi connectivity index (χ2n) is 5.71. The van der Waals surface area contributed by atoms with E-state index in [1.54, 1.807) is 21.1 Å². The van der Waals surface area contributed by atoms with Crippen LogP contribution in [0.15, 0.2) is 59.4 Å². The molecule has 0 saturated carbocycles. The number of imidazole rings is 1. The Balaban J connectivity index is 1.82. The van der Waals surface area contributed by atoms with E-state index in [0.717, 1.165) is 16.7 Å². The number of anilines is 1. The van der Waals surface area contributed by atoms with Gasteiger partial charge in [-0.3, -0.25) is 13.9 Å². The van der Waals surface area contributed by atoms with E-state index in [1.807, 2.05) is 61.5 Å². The smallest absolute Gasteiger partial charge is 0.315 e. The normalized spacial score (nSPS) is 10.9. The summed E-state index contributed by atoms with van der Waals surface area (Å²) in [5.74, 6) is -0.0126. The highest BCUT2D eigenvalue weighted by atomic mass is 16.2. The molecule has 1 amide bonds. The molecule has 0 bridgehead atoms. The lowest BCUT2D eigenvalue weighted by Gasteiger charge is -2.17. The Morgan fingerprint density at radius 2 is 1.54 bits per heavy atom. The number of fused-ring (bicyclic) bond motifs is 1. The van der Waals surface area contributed by atoms with Gasteiger partial charge in [-0.1, -0.05) is 30.3 Å². The van der Waals surface area contributed by atoms with Crippen LogP contribution in [0.1, 0.15) is 13.3 Å².